The van der Waals surface area contributed by atoms with Crippen molar-refractivity contribution < 1.29 is 14.3 Å². The monoisotopic (exact) mass is 374 g/mol. The third kappa shape index (κ3) is 3.51. The Hall–Kier alpha value is -2.22. The lowest BCUT2D eigenvalue weighted by molar-refractivity contribution is -0.129. The molecule has 7 nitrogen and oxygen atoms in total. The molecule has 0 aliphatic carbocycles. The summed E-state index contributed by atoms with van der Waals surface area (Å²) in [6.45, 7) is 2.13. The zero-order valence-electron chi connectivity index (χ0n) is 14.8. The molecule has 1 atom stereocenters. The zero-order chi connectivity index (χ0) is 17.9. The number of thioether (sulfide) groups is 1. The van der Waals surface area contributed by atoms with Crippen molar-refractivity contribution in [2.24, 2.45) is 7.05 Å². The van der Waals surface area contributed by atoms with Gasteiger partial charge in [-0.3, -0.25) is 4.79 Å². The number of amides is 1. The first-order chi connectivity index (χ1) is 12.7. The van der Waals surface area contributed by atoms with Gasteiger partial charge in [0.2, 0.25) is 5.91 Å². The van der Waals surface area contributed by atoms with Crippen LogP contribution in [0.15, 0.2) is 29.7 Å². The Labute approximate surface area is 156 Å². The lowest BCUT2D eigenvalue weighted by atomic mass is 10.0. The van der Waals surface area contributed by atoms with Crippen LogP contribution in [0.5, 0.6) is 11.5 Å². The summed E-state index contributed by atoms with van der Waals surface area (Å²) in [6, 6.07) is 6.15. The molecule has 2 aliphatic heterocycles. The Morgan fingerprint density at radius 2 is 2.12 bits per heavy atom. The molecule has 2 aliphatic rings. The van der Waals surface area contributed by atoms with Crippen LogP contribution in [0.2, 0.25) is 0 Å². The Balaban J connectivity index is 1.47. The van der Waals surface area contributed by atoms with Crippen molar-refractivity contribution in [2.45, 2.75) is 30.5 Å². The van der Waals surface area contributed by atoms with Gasteiger partial charge in [0.15, 0.2) is 16.7 Å². The van der Waals surface area contributed by atoms with Gasteiger partial charge in [-0.15, -0.1) is 10.2 Å². The van der Waals surface area contributed by atoms with Crippen molar-refractivity contribution in [3.63, 3.8) is 0 Å². The van der Waals surface area contributed by atoms with Crippen LogP contribution in [-0.2, 0) is 11.8 Å². The minimum absolute atomic E-state index is 0.0970. The van der Waals surface area contributed by atoms with Crippen LogP contribution in [0, 0.1) is 0 Å². The molecule has 2 aromatic rings. The van der Waals surface area contributed by atoms with Crippen molar-refractivity contribution in [3.05, 3.63) is 30.1 Å². The van der Waals surface area contributed by atoms with E-state index in [4.69, 9.17) is 9.47 Å². The van der Waals surface area contributed by atoms with Gasteiger partial charge < -0.3 is 18.9 Å². The average molecular weight is 374 g/mol. The van der Waals surface area contributed by atoms with E-state index in [0.717, 1.165) is 48.0 Å². The molecule has 26 heavy (non-hydrogen) atoms. The van der Waals surface area contributed by atoms with Gasteiger partial charge in [0.1, 0.15) is 6.33 Å². The van der Waals surface area contributed by atoms with Gasteiger partial charge in [0.05, 0.1) is 25.0 Å². The normalized spacial score (nSPS) is 19.4. The molecular formula is C18H22N4O3S. The lowest BCUT2D eigenvalue weighted by Gasteiger charge is -2.25. The molecule has 1 amide bonds. The van der Waals surface area contributed by atoms with Crippen molar-refractivity contribution >= 4 is 17.7 Å². The summed E-state index contributed by atoms with van der Waals surface area (Å²) in [6.07, 6.45) is 4.51. The molecule has 1 aromatic carbocycles. The van der Waals surface area contributed by atoms with Crippen LogP contribution in [0.25, 0.3) is 0 Å². The molecule has 0 saturated carbocycles. The Kier molecular flexibility index (Phi) is 5.01. The fraction of sp³-hybridized carbons (Fsp3) is 0.500. The van der Waals surface area contributed by atoms with Gasteiger partial charge in [-0.25, -0.2) is 0 Å². The number of carbonyl (C=O) groups excluding carboxylic acids is 1. The lowest BCUT2D eigenvalue weighted by Crippen LogP contribution is -2.32. The summed E-state index contributed by atoms with van der Waals surface area (Å²) in [7, 11) is 1.88. The number of ether oxygens (including phenoxy) is 2. The maximum Gasteiger partial charge on any atom is 0.233 e. The summed E-state index contributed by atoms with van der Waals surface area (Å²) in [4.78, 5) is 14.7. The number of hydrogen-bond acceptors (Lipinski definition) is 6. The molecule has 0 radical (unpaired) electrons. The van der Waals surface area contributed by atoms with Crippen molar-refractivity contribution in [2.75, 3.05) is 25.5 Å². The number of hydrogen-bond donors (Lipinski definition) is 0. The first-order valence-corrected chi connectivity index (χ1v) is 9.87. The molecule has 1 fully saturated rings. The second kappa shape index (κ2) is 7.57. The number of benzene rings is 1. The number of likely N-dealkylation sites (tertiary alicyclic amines) is 1. The smallest absolute Gasteiger partial charge is 0.233 e. The van der Waals surface area contributed by atoms with E-state index in [2.05, 4.69) is 16.3 Å². The van der Waals surface area contributed by atoms with Crippen LogP contribution in [0.1, 0.15) is 30.9 Å². The Morgan fingerprint density at radius 1 is 1.27 bits per heavy atom. The molecule has 138 valence electrons. The van der Waals surface area contributed by atoms with Gasteiger partial charge in [0, 0.05) is 20.0 Å². The molecule has 8 heteroatoms. The second-order valence-corrected chi connectivity index (χ2v) is 7.46. The van der Waals surface area contributed by atoms with Gasteiger partial charge in [-0.2, -0.15) is 0 Å². The highest BCUT2D eigenvalue weighted by atomic mass is 32.2. The first-order valence-electron chi connectivity index (χ1n) is 8.88. The molecule has 0 bridgehead atoms. The largest absolute Gasteiger partial charge is 0.490 e. The summed E-state index contributed by atoms with van der Waals surface area (Å²) >= 11 is 1.42. The van der Waals surface area contributed by atoms with Gasteiger partial charge in [-0.1, -0.05) is 17.8 Å². The van der Waals surface area contributed by atoms with E-state index >= 15 is 0 Å². The van der Waals surface area contributed by atoms with Crippen LogP contribution in [0.4, 0.5) is 0 Å². The molecule has 4 rings (SSSR count). The number of carbonyl (C=O) groups is 1. The standard InChI is InChI=1S/C18H22N4O3S/c1-21-12-19-20-18(21)26-11-17(23)22-7-2-4-14(22)13-5-6-15-16(10-13)25-9-3-8-24-15/h5-6,10,12,14H,2-4,7-9,11H2,1H3. The summed E-state index contributed by atoms with van der Waals surface area (Å²) in [5, 5.41) is 8.63. The highest BCUT2D eigenvalue weighted by Gasteiger charge is 2.30. The van der Waals surface area contributed by atoms with Gasteiger partial charge in [-0.05, 0) is 30.5 Å². The van der Waals surface area contributed by atoms with E-state index in [1.165, 1.54) is 11.8 Å². The summed E-state index contributed by atoms with van der Waals surface area (Å²) in [5.74, 6) is 2.08. The predicted octanol–water partition coefficient (Wildman–Crippen LogP) is 2.43. The van der Waals surface area contributed by atoms with Crippen LogP contribution in [0.3, 0.4) is 0 Å². The van der Waals surface area contributed by atoms with E-state index in [1.54, 1.807) is 6.33 Å². The number of rotatable bonds is 4. The Morgan fingerprint density at radius 3 is 2.92 bits per heavy atom. The fourth-order valence-electron chi connectivity index (χ4n) is 3.41. The minimum atomic E-state index is 0.0970. The van der Waals surface area contributed by atoms with Crippen molar-refractivity contribution in [3.8, 4) is 11.5 Å². The van der Waals surface area contributed by atoms with E-state index < -0.39 is 0 Å². The third-order valence-corrected chi connectivity index (χ3v) is 5.74. The highest BCUT2D eigenvalue weighted by Crippen LogP contribution is 2.38. The predicted molar refractivity (Wildman–Crippen MR) is 97.5 cm³/mol. The molecule has 0 N–H and O–H groups in total. The maximum absolute atomic E-state index is 12.8. The van der Waals surface area contributed by atoms with Crippen LogP contribution >= 0.6 is 11.8 Å². The molecule has 1 saturated heterocycles. The molecule has 3 heterocycles. The van der Waals surface area contributed by atoms with Crippen molar-refractivity contribution in [1.29, 1.82) is 0 Å². The van der Waals surface area contributed by atoms with Crippen LogP contribution < -0.4 is 9.47 Å². The average Bonchev–Trinajstić information content (AvgIpc) is 3.23. The first kappa shape index (κ1) is 17.2. The number of nitrogens with zero attached hydrogens (tertiary/aromatic N) is 4. The minimum Gasteiger partial charge on any atom is -0.490 e. The Bertz CT molecular complexity index is 794. The number of fused-ring (bicyclic) bond motifs is 1. The molecule has 0 spiro atoms. The molecule has 1 aromatic heterocycles. The van der Waals surface area contributed by atoms with E-state index in [1.807, 2.05) is 28.6 Å². The van der Waals surface area contributed by atoms with Gasteiger partial charge >= 0.3 is 0 Å². The van der Waals surface area contributed by atoms with E-state index in [-0.39, 0.29) is 11.9 Å². The molecule has 1 unspecified atom stereocenters. The topological polar surface area (TPSA) is 69.5 Å². The zero-order valence-corrected chi connectivity index (χ0v) is 15.6. The highest BCUT2D eigenvalue weighted by molar-refractivity contribution is 7.99. The van der Waals surface area contributed by atoms with Crippen molar-refractivity contribution in [1.82, 2.24) is 19.7 Å². The van der Waals surface area contributed by atoms with E-state index in [0.29, 0.717) is 19.0 Å². The van der Waals surface area contributed by atoms with Crippen LogP contribution in [-0.4, -0.2) is 51.1 Å². The third-order valence-electron chi connectivity index (χ3n) is 4.72. The summed E-state index contributed by atoms with van der Waals surface area (Å²) in [5.41, 5.74) is 1.11. The van der Waals surface area contributed by atoms with E-state index in [9.17, 15) is 4.79 Å². The SMILES string of the molecule is Cn1cnnc1SCC(=O)N1CCCC1c1ccc2c(c1)OCCCO2. The molecular weight excluding hydrogens is 352 g/mol. The quantitative estimate of drug-likeness (QED) is 0.766. The number of aryl methyl sites for hydroxylation is 1. The second-order valence-electron chi connectivity index (χ2n) is 6.51. The fourth-order valence-corrected chi connectivity index (χ4v) is 4.19. The maximum atomic E-state index is 12.8. The summed E-state index contributed by atoms with van der Waals surface area (Å²) < 4.78 is 13.3. The number of aromatic nitrogens is 3. The van der Waals surface area contributed by atoms with Gasteiger partial charge in [0.25, 0.3) is 0 Å².